The molecule has 3 rings (SSSR count). The number of ether oxygens (including phenoxy) is 2. The minimum atomic E-state index is -0.498. The molecule has 0 saturated carbocycles. The van der Waals surface area contributed by atoms with E-state index in [1.807, 2.05) is 58.0 Å². The van der Waals surface area contributed by atoms with E-state index in [1.54, 1.807) is 42.0 Å². The van der Waals surface area contributed by atoms with Crippen molar-refractivity contribution in [3.05, 3.63) is 59.7 Å². The van der Waals surface area contributed by atoms with Gasteiger partial charge in [0.25, 0.3) is 5.91 Å². The number of carbonyl (C=O) groups is 3. The van der Waals surface area contributed by atoms with E-state index in [9.17, 15) is 19.5 Å². The monoisotopic (exact) mass is 610 g/mol. The zero-order valence-electron chi connectivity index (χ0n) is 27.0. The number of nitrogens with one attached hydrogen (secondary N) is 2. The predicted molar refractivity (Wildman–Crippen MR) is 172 cm³/mol. The number of aliphatic hydroxyl groups is 1. The van der Waals surface area contributed by atoms with Gasteiger partial charge in [0.1, 0.15) is 5.75 Å². The maximum absolute atomic E-state index is 14.2. The number of aliphatic hydroxyl groups excluding tert-OH is 1. The van der Waals surface area contributed by atoms with Crippen LogP contribution in [0, 0.1) is 5.92 Å². The van der Waals surface area contributed by atoms with Crippen molar-refractivity contribution in [1.29, 1.82) is 0 Å². The normalized spacial score (nSPS) is 20.6. The molecule has 0 aromatic heterocycles. The molecule has 44 heavy (non-hydrogen) atoms. The zero-order valence-corrected chi connectivity index (χ0v) is 27.0. The second kappa shape index (κ2) is 17.0. The Labute approximate surface area is 262 Å². The Morgan fingerprint density at radius 1 is 1.09 bits per heavy atom. The van der Waals surface area contributed by atoms with Crippen LogP contribution in [0.25, 0.3) is 0 Å². The molecule has 10 heteroatoms. The van der Waals surface area contributed by atoms with Gasteiger partial charge in [0.05, 0.1) is 36.8 Å². The number of urea groups is 1. The first-order valence-corrected chi connectivity index (χ1v) is 15.7. The maximum atomic E-state index is 14.2. The number of benzene rings is 2. The van der Waals surface area contributed by atoms with E-state index in [0.717, 1.165) is 24.8 Å². The summed E-state index contributed by atoms with van der Waals surface area (Å²) in [7, 11) is 1.78. The van der Waals surface area contributed by atoms with Crippen molar-refractivity contribution < 1.29 is 29.0 Å². The SMILES string of the molecule is CC(C)NC(=O)Nc1ccc2c(c1)C(=O)N([C@H](C)CO)C[C@H](C)[C@@H](CN(C)C(=O)Cc1ccccc1)OCCCC[C@@H](C)O2. The fraction of sp³-hybridized carbons (Fsp3) is 0.559. The fourth-order valence-electron chi connectivity index (χ4n) is 5.17. The maximum Gasteiger partial charge on any atom is 0.319 e. The Morgan fingerprint density at radius 3 is 2.50 bits per heavy atom. The van der Waals surface area contributed by atoms with Gasteiger partial charge < -0.3 is 35.0 Å². The summed E-state index contributed by atoms with van der Waals surface area (Å²) in [6.45, 7) is 10.4. The second-order valence-electron chi connectivity index (χ2n) is 12.2. The van der Waals surface area contributed by atoms with Gasteiger partial charge in [-0.25, -0.2) is 4.79 Å². The molecule has 4 atom stereocenters. The minimum Gasteiger partial charge on any atom is -0.490 e. The van der Waals surface area contributed by atoms with E-state index in [1.165, 1.54) is 0 Å². The van der Waals surface area contributed by atoms with Crippen LogP contribution in [0.4, 0.5) is 10.5 Å². The largest absolute Gasteiger partial charge is 0.490 e. The molecule has 1 aliphatic heterocycles. The predicted octanol–water partition coefficient (Wildman–Crippen LogP) is 4.71. The smallest absolute Gasteiger partial charge is 0.319 e. The van der Waals surface area contributed by atoms with Gasteiger partial charge in [0, 0.05) is 44.4 Å². The first-order chi connectivity index (χ1) is 21.0. The number of nitrogens with zero attached hydrogens (tertiary/aromatic N) is 2. The van der Waals surface area contributed by atoms with Gasteiger partial charge in [0.15, 0.2) is 0 Å². The third-order valence-electron chi connectivity index (χ3n) is 7.81. The van der Waals surface area contributed by atoms with Crippen LogP contribution in [-0.4, -0.2) is 90.4 Å². The van der Waals surface area contributed by atoms with Gasteiger partial charge in [-0.3, -0.25) is 9.59 Å². The summed E-state index contributed by atoms with van der Waals surface area (Å²) in [6.07, 6.45) is 2.27. The topological polar surface area (TPSA) is 120 Å². The average molecular weight is 611 g/mol. The molecule has 1 heterocycles. The Morgan fingerprint density at radius 2 is 1.82 bits per heavy atom. The molecule has 242 valence electrons. The highest BCUT2D eigenvalue weighted by atomic mass is 16.5. The number of amides is 4. The summed E-state index contributed by atoms with van der Waals surface area (Å²) < 4.78 is 12.6. The highest BCUT2D eigenvalue weighted by Crippen LogP contribution is 2.28. The van der Waals surface area contributed by atoms with Gasteiger partial charge >= 0.3 is 6.03 Å². The van der Waals surface area contributed by atoms with Crippen molar-refractivity contribution in [3.8, 4) is 5.75 Å². The van der Waals surface area contributed by atoms with Crippen LogP contribution in [0.5, 0.6) is 5.75 Å². The Kier molecular flexibility index (Phi) is 13.5. The average Bonchev–Trinajstić information content (AvgIpc) is 2.98. The van der Waals surface area contributed by atoms with E-state index in [2.05, 4.69) is 10.6 Å². The van der Waals surface area contributed by atoms with E-state index in [-0.39, 0.29) is 55.2 Å². The lowest BCUT2D eigenvalue weighted by molar-refractivity contribution is -0.131. The molecule has 10 nitrogen and oxygen atoms in total. The number of fused-ring (bicyclic) bond motifs is 1. The van der Waals surface area contributed by atoms with Crippen LogP contribution in [0.1, 0.15) is 69.8 Å². The Hall–Kier alpha value is -3.63. The number of carbonyl (C=O) groups excluding carboxylic acids is 3. The minimum absolute atomic E-state index is 0.00973. The van der Waals surface area contributed by atoms with Gasteiger partial charge in [-0.05, 0) is 70.7 Å². The van der Waals surface area contributed by atoms with E-state index < -0.39 is 6.04 Å². The molecule has 0 fully saturated rings. The number of rotatable bonds is 8. The molecule has 4 amide bonds. The van der Waals surface area contributed by atoms with Crippen LogP contribution in [0.3, 0.4) is 0 Å². The van der Waals surface area contributed by atoms with Crippen LogP contribution in [0.2, 0.25) is 0 Å². The van der Waals surface area contributed by atoms with E-state index >= 15 is 0 Å². The standard InChI is InChI=1S/C34H50N4O6/c1-23(2)35-34(42)36-28-15-16-30-29(19-28)33(41)38(25(4)22-39)20-24(3)31(43-17-11-10-12-26(5)44-30)21-37(6)32(40)18-27-13-8-7-9-14-27/h7-9,13-16,19,23-26,31,39H,10-12,17-18,20-22H2,1-6H3,(H2,35,36,42)/t24-,25+,26+,31+/m0/s1. The van der Waals surface area contributed by atoms with Crippen molar-refractivity contribution in [2.75, 3.05) is 38.7 Å². The molecule has 2 aromatic rings. The quantitative estimate of drug-likeness (QED) is 0.398. The van der Waals surface area contributed by atoms with Crippen LogP contribution >= 0.6 is 0 Å². The van der Waals surface area contributed by atoms with Crippen molar-refractivity contribution in [2.45, 2.75) is 84.6 Å². The summed E-state index contributed by atoms with van der Waals surface area (Å²) >= 11 is 0. The summed E-state index contributed by atoms with van der Waals surface area (Å²) in [4.78, 5) is 43.0. The first kappa shape index (κ1) is 34.9. The highest BCUT2D eigenvalue weighted by molar-refractivity contribution is 5.99. The lowest BCUT2D eigenvalue weighted by atomic mass is 10.0. The summed E-state index contributed by atoms with van der Waals surface area (Å²) in [5, 5.41) is 15.7. The van der Waals surface area contributed by atoms with Gasteiger partial charge in [0.2, 0.25) is 5.91 Å². The lowest BCUT2D eigenvalue weighted by Gasteiger charge is -2.36. The molecule has 0 bridgehead atoms. The number of likely N-dealkylation sites (N-methyl/N-ethyl adjacent to an activating group) is 1. The summed E-state index contributed by atoms with van der Waals surface area (Å²) in [5.41, 5.74) is 1.71. The van der Waals surface area contributed by atoms with Gasteiger partial charge in [-0.15, -0.1) is 0 Å². The molecule has 0 saturated heterocycles. The van der Waals surface area contributed by atoms with E-state index in [0.29, 0.717) is 36.6 Å². The molecule has 2 aromatic carbocycles. The zero-order chi connectivity index (χ0) is 32.2. The molecular formula is C34H50N4O6. The summed E-state index contributed by atoms with van der Waals surface area (Å²) in [6, 6.07) is 13.8. The van der Waals surface area contributed by atoms with Crippen molar-refractivity contribution in [3.63, 3.8) is 0 Å². The molecule has 0 unspecified atom stereocenters. The second-order valence-corrected chi connectivity index (χ2v) is 12.2. The molecule has 3 N–H and O–H groups in total. The molecule has 0 radical (unpaired) electrons. The number of hydrogen-bond donors (Lipinski definition) is 3. The first-order valence-electron chi connectivity index (χ1n) is 15.7. The van der Waals surface area contributed by atoms with Crippen molar-refractivity contribution >= 4 is 23.5 Å². The number of hydrogen-bond acceptors (Lipinski definition) is 6. The van der Waals surface area contributed by atoms with Crippen LogP contribution < -0.4 is 15.4 Å². The fourth-order valence-corrected chi connectivity index (χ4v) is 5.17. The van der Waals surface area contributed by atoms with Crippen LogP contribution in [-0.2, 0) is 16.0 Å². The number of anilines is 1. The van der Waals surface area contributed by atoms with Crippen LogP contribution in [0.15, 0.2) is 48.5 Å². The van der Waals surface area contributed by atoms with Gasteiger partial charge in [-0.2, -0.15) is 0 Å². The third-order valence-corrected chi connectivity index (χ3v) is 7.81. The Bertz CT molecular complexity index is 1220. The molecule has 1 aliphatic rings. The van der Waals surface area contributed by atoms with Gasteiger partial charge in [-0.1, -0.05) is 37.3 Å². The lowest BCUT2D eigenvalue weighted by Crippen LogP contribution is -2.48. The third kappa shape index (κ3) is 10.5. The molecular weight excluding hydrogens is 560 g/mol. The molecule has 0 aliphatic carbocycles. The molecule has 0 spiro atoms. The van der Waals surface area contributed by atoms with Crippen molar-refractivity contribution in [2.24, 2.45) is 5.92 Å². The van der Waals surface area contributed by atoms with E-state index in [4.69, 9.17) is 9.47 Å². The van der Waals surface area contributed by atoms with Crippen molar-refractivity contribution in [1.82, 2.24) is 15.1 Å². The summed E-state index contributed by atoms with van der Waals surface area (Å²) in [5.74, 6) is -0.0668. The highest BCUT2D eigenvalue weighted by Gasteiger charge is 2.31. The Balaban J connectivity index is 1.89.